The molecule has 108 valence electrons. The number of nitrogens with one attached hydrogen (secondary N) is 1. The van der Waals surface area contributed by atoms with Crippen LogP contribution in [0.4, 0.5) is 5.69 Å². The van der Waals surface area contributed by atoms with E-state index in [4.69, 9.17) is 9.52 Å². The molecule has 7 nitrogen and oxygen atoms in total. The maximum Gasteiger partial charge on any atom is 0.181 e. The summed E-state index contributed by atoms with van der Waals surface area (Å²) in [6, 6.07) is 7.86. The molecule has 3 aromatic rings. The van der Waals surface area contributed by atoms with Gasteiger partial charge in [-0.1, -0.05) is 5.21 Å². The number of aromatic nitrogens is 4. The summed E-state index contributed by atoms with van der Waals surface area (Å²) in [4.78, 5) is 3.90. The molecular weight excluding hydrogens is 270 g/mol. The SMILES string of the molecule is OCCn1cc(CNc2ccc(-c3cnco3)cc2)nn1. The molecule has 0 aliphatic heterocycles. The smallest absolute Gasteiger partial charge is 0.181 e. The van der Waals surface area contributed by atoms with E-state index in [2.05, 4.69) is 20.6 Å². The second kappa shape index (κ2) is 6.19. The van der Waals surface area contributed by atoms with Crippen LogP contribution in [0.1, 0.15) is 5.69 Å². The summed E-state index contributed by atoms with van der Waals surface area (Å²) < 4.78 is 6.86. The summed E-state index contributed by atoms with van der Waals surface area (Å²) in [7, 11) is 0. The molecule has 0 aliphatic carbocycles. The van der Waals surface area contributed by atoms with Crippen molar-refractivity contribution in [2.45, 2.75) is 13.1 Å². The molecule has 0 bridgehead atoms. The summed E-state index contributed by atoms with van der Waals surface area (Å²) in [6.07, 6.45) is 4.91. The lowest BCUT2D eigenvalue weighted by atomic mass is 10.1. The summed E-state index contributed by atoms with van der Waals surface area (Å²) in [5.74, 6) is 0.744. The van der Waals surface area contributed by atoms with Crippen LogP contribution in [0.25, 0.3) is 11.3 Å². The first-order valence-corrected chi connectivity index (χ1v) is 6.58. The van der Waals surface area contributed by atoms with Crippen molar-refractivity contribution in [3.63, 3.8) is 0 Å². The van der Waals surface area contributed by atoms with Gasteiger partial charge in [0.25, 0.3) is 0 Å². The Kier molecular flexibility index (Phi) is 3.92. The molecule has 0 fully saturated rings. The van der Waals surface area contributed by atoms with Crippen molar-refractivity contribution >= 4 is 5.69 Å². The Balaban J connectivity index is 1.60. The Morgan fingerprint density at radius 1 is 1.24 bits per heavy atom. The second-order valence-corrected chi connectivity index (χ2v) is 4.49. The minimum Gasteiger partial charge on any atom is -0.444 e. The Morgan fingerprint density at radius 2 is 2.10 bits per heavy atom. The number of hydrogen-bond donors (Lipinski definition) is 2. The summed E-state index contributed by atoms with van der Waals surface area (Å²) >= 11 is 0. The maximum absolute atomic E-state index is 8.82. The highest BCUT2D eigenvalue weighted by Crippen LogP contribution is 2.20. The molecule has 0 saturated heterocycles. The van der Waals surface area contributed by atoms with Crippen molar-refractivity contribution in [1.29, 1.82) is 0 Å². The van der Waals surface area contributed by atoms with Crippen molar-refractivity contribution in [2.75, 3.05) is 11.9 Å². The lowest BCUT2D eigenvalue weighted by Gasteiger charge is -2.04. The number of anilines is 1. The van der Waals surface area contributed by atoms with Crippen LogP contribution in [0.2, 0.25) is 0 Å². The van der Waals surface area contributed by atoms with Crippen molar-refractivity contribution in [1.82, 2.24) is 20.0 Å². The molecule has 2 aromatic heterocycles. The summed E-state index contributed by atoms with van der Waals surface area (Å²) in [6.45, 7) is 1.09. The monoisotopic (exact) mass is 285 g/mol. The third-order valence-corrected chi connectivity index (χ3v) is 2.99. The van der Waals surface area contributed by atoms with E-state index in [9.17, 15) is 0 Å². The summed E-state index contributed by atoms with van der Waals surface area (Å²) in [5.41, 5.74) is 2.78. The highest BCUT2D eigenvalue weighted by molar-refractivity contribution is 5.60. The number of oxazole rings is 1. The van der Waals surface area contributed by atoms with Gasteiger partial charge in [0.2, 0.25) is 0 Å². The van der Waals surface area contributed by atoms with Crippen LogP contribution in [0.15, 0.2) is 47.5 Å². The van der Waals surface area contributed by atoms with E-state index in [1.807, 2.05) is 30.5 Å². The Bertz CT molecular complexity index is 676. The van der Waals surface area contributed by atoms with E-state index in [1.165, 1.54) is 6.39 Å². The topological polar surface area (TPSA) is 89.0 Å². The van der Waals surface area contributed by atoms with E-state index < -0.39 is 0 Å². The van der Waals surface area contributed by atoms with Gasteiger partial charge in [0.1, 0.15) is 5.69 Å². The van der Waals surface area contributed by atoms with Crippen LogP contribution in [-0.4, -0.2) is 31.7 Å². The van der Waals surface area contributed by atoms with Gasteiger partial charge in [-0.3, -0.25) is 0 Å². The van der Waals surface area contributed by atoms with E-state index in [-0.39, 0.29) is 6.61 Å². The van der Waals surface area contributed by atoms with Crippen LogP contribution < -0.4 is 5.32 Å². The molecule has 2 N–H and O–H groups in total. The predicted octanol–water partition coefficient (Wildman–Crippen LogP) is 1.54. The summed E-state index contributed by atoms with van der Waals surface area (Å²) in [5, 5.41) is 20.0. The molecule has 21 heavy (non-hydrogen) atoms. The van der Waals surface area contributed by atoms with Crippen molar-refractivity contribution < 1.29 is 9.52 Å². The molecule has 0 radical (unpaired) electrons. The maximum atomic E-state index is 8.82. The first-order chi connectivity index (χ1) is 10.3. The van der Waals surface area contributed by atoms with Crippen LogP contribution in [0, 0.1) is 0 Å². The van der Waals surface area contributed by atoms with Crippen LogP contribution in [-0.2, 0) is 13.1 Å². The number of nitrogens with zero attached hydrogens (tertiary/aromatic N) is 4. The van der Waals surface area contributed by atoms with Gasteiger partial charge in [-0.15, -0.1) is 5.10 Å². The molecule has 0 aliphatic rings. The molecule has 0 spiro atoms. The van der Waals surface area contributed by atoms with Gasteiger partial charge in [-0.25, -0.2) is 9.67 Å². The Labute approximate surface area is 121 Å². The van der Waals surface area contributed by atoms with Crippen LogP contribution in [0.3, 0.4) is 0 Å². The largest absolute Gasteiger partial charge is 0.444 e. The number of rotatable bonds is 6. The fourth-order valence-corrected chi connectivity index (χ4v) is 1.93. The third-order valence-electron chi connectivity index (χ3n) is 2.99. The first-order valence-electron chi connectivity index (χ1n) is 6.58. The minimum absolute atomic E-state index is 0.0549. The average molecular weight is 285 g/mol. The van der Waals surface area contributed by atoms with Gasteiger partial charge in [-0.2, -0.15) is 0 Å². The highest BCUT2D eigenvalue weighted by atomic mass is 16.3. The van der Waals surface area contributed by atoms with Crippen molar-refractivity contribution in [2.24, 2.45) is 0 Å². The molecule has 0 unspecified atom stereocenters. The number of aliphatic hydroxyl groups is 1. The highest BCUT2D eigenvalue weighted by Gasteiger charge is 2.03. The zero-order valence-electron chi connectivity index (χ0n) is 11.3. The van der Waals surface area contributed by atoms with E-state index in [1.54, 1.807) is 10.9 Å². The minimum atomic E-state index is 0.0549. The average Bonchev–Trinajstić information content (AvgIpc) is 3.18. The van der Waals surface area contributed by atoms with Gasteiger partial charge in [0, 0.05) is 11.3 Å². The van der Waals surface area contributed by atoms with Crippen LogP contribution >= 0.6 is 0 Å². The van der Waals surface area contributed by atoms with Gasteiger partial charge in [-0.05, 0) is 24.3 Å². The number of hydrogen-bond acceptors (Lipinski definition) is 6. The quantitative estimate of drug-likeness (QED) is 0.714. The Morgan fingerprint density at radius 3 is 2.81 bits per heavy atom. The van der Waals surface area contributed by atoms with Crippen molar-refractivity contribution in [3.05, 3.63) is 48.7 Å². The number of aliphatic hydroxyl groups excluding tert-OH is 1. The lowest BCUT2D eigenvalue weighted by molar-refractivity contribution is 0.268. The molecule has 0 amide bonds. The predicted molar refractivity (Wildman–Crippen MR) is 76.4 cm³/mol. The molecule has 1 aromatic carbocycles. The van der Waals surface area contributed by atoms with E-state index in [0.717, 1.165) is 22.7 Å². The molecular formula is C14H15N5O2. The first kappa shape index (κ1) is 13.3. The third kappa shape index (κ3) is 3.26. The van der Waals surface area contributed by atoms with Crippen LogP contribution in [0.5, 0.6) is 0 Å². The number of benzene rings is 1. The van der Waals surface area contributed by atoms with E-state index >= 15 is 0 Å². The molecule has 3 rings (SSSR count). The van der Waals surface area contributed by atoms with Gasteiger partial charge < -0.3 is 14.8 Å². The fraction of sp³-hybridized carbons (Fsp3) is 0.214. The normalized spacial score (nSPS) is 10.7. The molecule has 7 heteroatoms. The lowest BCUT2D eigenvalue weighted by Crippen LogP contribution is -2.02. The van der Waals surface area contributed by atoms with Gasteiger partial charge in [0.05, 0.1) is 32.1 Å². The van der Waals surface area contributed by atoms with Gasteiger partial charge >= 0.3 is 0 Å². The van der Waals surface area contributed by atoms with Crippen molar-refractivity contribution in [3.8, 4) is 11.3 Å². The van der Waals surface area contributed by atoms with E-state index in [0.29, 0.717) is 13.1 Å². The second-order valence-electron chi connectivity index (χ2n) is 4.49. The van der Waals surface area contributed by atoms with Gasteiger partial charge in [0.15, 0.2) is 12.2 Å². The zero-order valence-corrected chi connectivity index (χ0v) is 11.3. The Hall–Kier alpha value is -2.67. The fourth-order valence-electron chi connectivity index (χ4n) is 1.93. The standard InChI is InChI=1S/C14H15N5O2/c20-6-5-19-9-13(17-18-19)7-16-12-3-1-11(2-4-12)14-8-15-10-21-14/h1-4,8-10,16,20H,5-7H2. The molecule has 0 atom stereocenters. The zero-order chi connectivity index (χ0) is 14.5. The molecule has 0 saturated carbocycles. The molecule has 2 heterocycles.